The highest BCUT2D eigenvalue weighted by Crippen LogP contribution is 2.34. The van der Waals surface area contributed by atoms with E-state index in [9.17, 15) is 14.0 Å². The Morgan fingerprint density at radius 2 is 1.89 bits per heavy atom. The number of rotatable bonds is 6. The van der Waals surface area contributed by atoms with Crippen molar-refractivity contribution < 1.29 is 14.0 Å². The summed E-state index contributed by atoms with van der Waals surface area (Å²) in [5, 5.41) is 0. The predicted molar refractivity (Wildman–Crippen MR) is 109 cm³/mol. The molecule has 3 rings (SSSR count). The number of halogens is 1. The number of fused-ring (bicyclic) bond motifs is 1. The number of terminal acetylenes is 1. The molecule has 0 aliphatic carbocycles. The van der Waals surface area contributed by atoms with Crippen molar-refractivity contribution >= 4 is 29.3 Å². The molecule has 1 aliphatic heterocycles. The van der Waals surface area contributed by atoms with E-state index in [2.05, 4.69) is 5.92 Å². The lowest BCUT2D eigenvalue weighted by molar-refractivity contribution is -0.133. The zero-order valence-electron chi connectivity index (χ0n) is 15.4. The molecule has 0 N–H and O–H groups in total. The number of amides is 2. The minimum absolute atomic E-state index is 0.0662. The van der Waals surface area contributed by atoms with E-state index in [4.69, 9.17) is 6.42 Å². The number of anilines is 1. The Morgan fingerprint density at radius 1 is 1.14 bits per heavy atom. The third-order valence-corrected chi connectivity index (χ3v) is 5.55. The lowest BCUT2D eigenvalue weighted by Gasteiger charge is -2.29. The number of carbonyl (C=O) groups is 2. The molecule has 1 aliphatic rings. The summed E-state index contributed by atoms with van der Waals surface area (Å²) in [5.41, 5.74) is 1.70. The molecule has 0 unspecified atom stereocenters. The molecule has 0 fully saturated rings. The molecule has 0 aromatic heterocycles. The van der Waals surface area contributed by atoms with E-state index >= 15 is 0 Å². The van der Waals surface area contributed by atoms with Crippen LogP contribution in [-0.2, 0) is 16.1 Å². The highest BCUT2D eigenvalue weighted by atomic mass is 32.2. The molecule has 1 heterocycles. The second kappa shape index (κ2) is 9.43. The van der Waals surface area contributed by atoms with Crippen LogP contribution in [0.15, 0.2) is 53.4 Å². The molecule has 0 saturated heterocycles. The molecule has 4 nitrogen and oxygen atoms in total. The fourth-order valence-electron chi connectivity index (χ4n) is 3.09. The van der Waals surface area contributed by atoms with Crippen molar-refractivity contribution in [1.29, 1.82) is 0 Å². The van der Waals surface area contributed by atoms with Gasteiger partial charge in [0.15, 0.2) is 0 Å². The Kier molecular flexibility index (Phi) is 6.72. The third kappa shape index (κ3) is 4.93. The highest BCUT2D eigenvalue weighted by molar-refractivity contribution is 7.99. The molecular formula is C22H21FN2O2S. The maximum Gasteiger partial charge on any atom is 0.227 e. The van der Waals surface area contributed by atoms with Crippen LogP contribution in [0.3, 0.4) is 0 Å². The highest BCUT2D eigenvalue weighted by Gasteiger charge is 2.24. The summed E-state index contributed by atoms with van der Waals surface area (Å²) in [7, 11) is 0. The van der Waals surface area contributed by atoms with Gasteiger partial charge in [-0.25, -0.2) is 4.39 Å². The number of nitrogens with zero attached hydrogens (tertiary/aromatic N) is 2. The molecule has 144 valence electrons. The standard InChI is InChI=1S/C22H21FN2O2S/c1-2-13-24(16-17-7-9-18(23)10-8-17)21(26)11-12-22(27)25-14-15-28-20-6-4-3-5-19(20)25/h1,3-10H,11-16H2. The minimum Gasteiger partial charge on any atom is -0.327 e. The lowest BCUT2D eigenvalue weighted by atomic mass is 10.1. The van der Waals surface area contributed by atoms with E-state index in [-0.39, 0.29) is 37.0 Å². The average molecular weight is 396 g/mol. The third-order valence-electron chi connectivity index (χ3n) is 4.50. The second-order valence-corrected chi connectivity index (χ2v) is 7.58. The van der Waals surface area contributed by atoms with Crippen molar-refractivity contribution in [2.75, 3.05) is 23.7 Å². The smallest absolute Gasteiger partial charge is 0.227 e. The molecule has 0 bridgehead atoms. The van der Waals surface area contributed by atoms with Crippen molar-refractivity contribution in [3.63, 3.8) is 0 Å². The number of hydrogen-bond donors (Lipinski definition) is 0. The predicted octanol–water partition coefficient (Wildman–Crippen LogP) is 3.71. The van der Waals surface area contributed by atoms with Gasteiger partial charge >= 0.3 is 0 Å². The van der Waals surface area contributed by atoms with Crippen LogP contribution in [0.1, 0.15) is 18.4 Å². The topological polar surface area (TPSA) is 40.6 Å². The molecule has 0 spiro atoms. The first-order valence-corrected chi connectivity index (χ1v) is 10.0. The summed E-state index contributed by atoms with van der Waals surface area (Å²) in [6.07, 6.45) is 5.61. The van der Waals surface area contributed by atoms with E-state index in [1.165, 1.54) is 17.0 Å². The van der Waals surface area contributed by atoms with E-state index in [0.29, 0.717) is 13.1 Å². The van der Waals surface area contributed by atoms with Crippen LogP contribution in [0.5, 0.6) is 0 Å². The van der Waals surface area contributed by atoms with Crippen molar-refractivity contribution in [3.8, 4) is 12.3 Å². The molecule has 0 radical (unpaired) electrons. The van der Waals surface area contributed by atoms with Gasteiger partial charge in [0.05, 0.1) is 12.2 Å². The van der Waals surface area contributed by atoms with Crippen LogP contribution in [0.4, 0.5) is 10.1 Å². The van der Waals surface area contributed by atoms with Gasteiger partial charge in [-0.2, -0.15) is 0 Å². The van der Waals surface area contributed by atoms with Gasteiger partial charge in [-0.05, 0) is 29.8 Å². The molecule has 2 aromatic rings. The van der Waals surface area contributed by atoms with Crippen LogP contribution in [0, 0.1) is 18.2 Å². The number of benzene rings is 2. The normalized spacial score (nSPS) is 12.8. The van der Waals surface area contributed by atoms with E-state index < -0.39 is 0 Å². The lowest BCUT2D eigenvalue weighted by Crippen LogP contribution is -2.37. The summed E-state index contributed by atoms with van der Waals surface area (Å²) in [4.78, 5) is 29.7. The first-order valence-electron chi connectivity index (χ1n) is 9.06. The van der Waals surface area contributed by atoms with Gasteiger partial charge < -0.3 is 9.80 Å². The van der Waals surface area contributed by atoms with Gasteiger partial charge in [-0.1, -0.05) is 30.2 Å². The van der Waals surface area contributed by atoms with Gasteiger partial charge in [0.1, 0.15) is 5.82 Å². The number of para-hydroxylation sites is 1. The molecule has 2 aromatic carbocycles. The summed E-state index contributed by atoms with van der Waals surface area (Å²) in [5.74, 6) is 2.73. The number of carbonyl (C=O) groups excluding carboxylic acids is 2. The quantitative estimate of drug-likeness (QED) is 0.699. The first kappa shape index (κ1) is 20.0. The summed E-state index contributed by atoms with van der Waals surface area (Å²) >= 11 is 1.73. The van der Waals surface area contributed by atoms with Crippen molar-refractivity contribution in [3.05, 3.63) is 59.9 Å². The minimum atomic E-state index is -0.329. The monoisotopic (exact) mass is 396 g/mol. The SMILES string of the molecule is C#CCN(Cc1ccc(F)cc1)C(=O)CCC(=O)N1CCSc2ccccc21. The molecule has 0 atom stereocenters. The van der Waals surface area contributed by atoms with Crippen molar-refractivity contribution in [2.45, 2.75) is 24.3 Å². The Morgan fingerprint density at radius 3 is 2.64 bits per heavy atom. The summed E-state index contributed by atoms with van der Waals surface area (Å²) in [6.45, 7) is 1.08. The zero-order valence-corrected chi connectivity index (χ0v) is 16.3. The second-order valence-electron chi connectivity index (χ2n) is 6.44. The van der Waals surface area contributed by atoms with Crippen molar-refractivity contribution in [1.82, 2.24) is 4.90 Å². The van der Waals surface area contributed by atoms with E-state index in [0.717, 1.165) is 21.9 Å². The summed E-state index contributed by atoms with van der Waals surface area (Å²) in [6, 6.07) is 13.7. The summed E-state index contributed by atoms with van der Waals surface area (Å²) < 4.78 is 13.1. The molecular weight excluding hydrogens is 375 g/mol. The Balaban J connectivity index is 1.60. The molecule has 0 saturated carbocycles. The largest absolute Gasteiger partial charge is 0.327 e. The van der Waals surface area contributed by atoms with E-state index in [1.807, 2.05) is 24.3 Å². The maximum absolute atomic E-state index is 13.1. The number of thioether (sulfide) groups is 1. The maximum atomic E-state index is 13.1. The van der Waals surface area contributed by atoms with Crippen LogP contribution >= 0.6 is 11.8 Å². The fourth-order valence-corrected chi connectivity index (χ4v) is 4.08. The first-order chi connectivity index (χ1) is 13.6. The van der Waals surface area contributed by atoms with E-state index in [1.54, 1.807) is 28.8 Å². The Bertz CT molecular complexity index is 892. The fraction of sp³-hybridized carbons (Fsp3) is 0.273. The van der Waals surface area contributed by atoms with Crippen LogP contribution < -0.4 is 4.90 Å². The van der Waals surface area contributed by atoms with Gasteiger partial charge in [-0.3, -0.25) is 9.59 Å². The number of hydrogen-bond acceptors (Lipinski definition) is 3. The van der Waals surface area contributed by atoms with Crippen molar-refractivity contribution in [2.24, 2.45) is 0 Å². The molecule has 2 amide bonds. The average Bonchev–Trinajstić information content (AvgIpc) is 2.72. The zero-order chi connectivity index (χ0) is 19.9. The Labute approximate surface area is 168 Å². The van der Waals surface area contributed by atoms with Crippen LogP contribution in [-0.4, -0.2) is 35.6 Å². The van der Waals surface area contributed by atoms with Gasteiger partial charge in [0.25, 0.3) is 0 Å². The molecule has 6 heteroatoms. The van der Waals surface area contributed by atoms with Crippen LogP contribution in [0.25, 0.3) is 0 Å². The van der Waals surface area contributed by atoms with Crippen LogP contribution in [0.2, 0.25) is 0 Å². The van der Waals surface area contributed by atoms with Gasteiger partial charge in [0.2, 0.25) is 11.8 Å². The van der Waals surface area contributed by atoms with Gasteiger partial charge in [-0.15, -0.1) is 18.2 Å². The Hall–Kier alpha value is -2.78. The molecule has 28 heavy (non-hydrogen) atoms. The van der Waals surface area contributed by atoms with Gasteiger partial charge in [0, 0.05) is 36.6 Å².